The molecule has 4 N–H and O–H groups in total. The normalized spacial score (nSPS) is 15.3. The third-order valence-electron chi connectivity index (χ3n) is 6.37. The number of aliphatic imine (C=N–C) groups is 1. The van der Waals surface area contributed by atoms with Crippen molar-refractivity contribution in [2.75, 3.05) is 24.1 Å². The molecule has 1 aromatic heterocycles. The molecule has 0 bridgehead atoms. The van der Waals surface area contributed by atoms with Gasteiger partial charge < -0.3 is 16.4 Å². The number of rotatable bonds is 9. The second kappa shape index (κ2) is 18.3. The number of hydrogen-bond donors (Lipinski definition) is 3. The van der Waals surface area contributed by atoms with E-state index in [0.29, 0.717) is 17.7 Å². The first-order valence-electron chi connectivity index (χ1n) is 14.3. The number of unbranched alkanes of at least 4 members (excludes halogenated alkanes) is 1. The summed E-state index contributed by atoms with van der Waals surface area (Å²) >= 11 is 0. The summed E-state index contributed by atoms with van der Waals surface area (Å²) in [7, 11) is 0. The maximum atomic E-state index is 6.16. The van der Waals surface area contributed by atoms with Crippen LogP contribution in [0, 0.1) is 0 Å². The monoisotopic (exact) mass is 504 g/mol. The standard InChI is InChI=1S/C23H30N6.C6H12.C2H6/c1-3-4-13-25-15-17(2)18-9-11-19(12-10-18)28-23-27-16-20(22(24)29-23)21-8-6-5-7-14-26-21;1-2-4-6-5-3-1;1-2/h5,7-12,14,16-17,25H,3-4,6,13,15H2,1-2H3,(H3,24,27,28,29);1-6H2;1-2H3. The number of nitrogens with zero attached hydrogens (tertiary/aromatic N) is 3. The molecule has 2 aromatic rings. The van der Waals surface area contributed by atoms with Crippen molar-refractivity contribution in [3.05, 3.63) is 59.8 Å². The van der Waals surface area contributed by atoms with E-state index in [1.165, 1.54) is 56.9 Å². The largest absolute Gasteiger partial charge is 0.383 e. The Morgan fingerprint density at radius 2 is 1.68 bits per heavy atom. The first kappa shape index (κ1) is 30.2. The zero-order valence-electron chi connectivity index (χ0n) is 23.5. The second-order valence-corrected chi connectivity index (χ2v) is 9.35. The highest BCUT2D eigenvalue weighted by Crippen LogP contribution is 2.24. The van der Waals surface area contributed by atoms with Crippen molar-refractivity contribution in [2.45, 2.75) is 91.4 Å². The predicted molar refractivity (Wildman–Crippen MR) is 162 cm³/mol. The van der Waals surface area contributed by atoms with Crippen LogP contribution < -0.4 is 16.4 Å². The van der Waals surface area contributed by atoms with Crippen LogP contribution in [0.5, 0.6) is 0 Å². The van der Waals surface area contributed by atoms with Crippen molar-refractivity contribution in [3.8, 4) is 0 Å². The number of hydrogen-bond acceptors (Lipinski definition) is 6. The van der Waals surface area contributed by atoms with Gasteiger partial charge in [-0.15, -0.1) is 0 Å². The van der Waals surface area contributed by atoms with E-state index in [9.17, 15) is 0 Å². The fourth-order valence-corrected chi connectivity index (χ4v) is 4.15. The van der Waals surface area contributed by atoms with Crippen molar-refractivity contribution < 1.29 is 0 Å². The lowest BCUT2D eigenvalue weighted by Crippen LogP contribution is -2.21. The van der Waals surface area contributed by atoms with Gasteiger partial charge in [0.2, 0.25) is 5.95 Å². The van der Waals surface area contributed by atoms with Crippen molar-refractivity contribution in [1.82, 2.24) is 15.3 Å². The van der Waals surface area contributed by atoms with Gasteiger partial charge in [-0.2, -0.15) is 4.98 Å². The zero-order valence-corrected chi connectivity index (χ0v) is 23.5. The van der Waals surface area contributed by atoms with Gasteiger partial charge in [0.15, 0.2) is 0 Å². The molecular formula is C31H48N6. The molecule has 6 nitrogen and oxygen atoms in total. The van der Waals surface area contributed by atoms with Crippen LogP contribution in [0.15, 0.2) is 53.7 Å². The highest BCUT2D eigenvalue weighted by molar-refractivity contribution is 5.83. The Hall–Kier alpha value is -2.99. The van der Waals surface area contributed by atoms with Gasteiger partial charge in [0, 0.05) is 24.6 Å². The number of nitrogens with one attached hydrogen (secondary N) is 2. The van der Waals surface area contributed by atoms with Crippen LogP contribution in [-0.2, 0) is 0 Å². The number of anilines is 3. The molecule has 1 aromatic carbocycles. The summed E-state index contributed by atoms with van der Waals surface area (Å²) in [5.74, 6) is 1.36. The molecule has 1 aliphatic heterocycles. The second-order valence-electron chi connectivity index (χ2n) is 9.35. The molecule has 1 saturated carbocycles. The summed E-state index contributed by atoms with van der Waals surface area (Å²) in [5, 5.41) is 6.74. The third-order valence-corrected chi connectivity index (χ3v) is 6.37. The fraction of sp³-hybridized carbons (Fsp3) is 0.516. The summed E-state index contributed by atoms with van der Waals surface area (Å²) in [6.07, 6.45) is 21.7. The Morgan fingerprint density at radius 1 is 1.00 bits per heavy atom. The smallest absolute Gasteiger partial charge is 0.229 e. The van der Waals surface area contributed by atoms with E-state index < -0.39 is 0 Å². The number of aromatic nitrogens is 2. The van der Waals surface area contributed by atoms with E-state index in [0.717, 1.165) is 36.5 Å². The summed E-state index contributed by atoms with van der Waals surface area (Å²) in [6.45, 7) is 10.5. The number of nitrogens with two attached hydrogens (primary N) is 1. The molecule has 2 heterocycles. The van der Waals surface area contributed by atoms with Crippen LogP contribution in [0.4, 0.5) is 17.5 Å². The molecule has 0 saturated heterocycles. The lowest BCUT2D eigenvalue weighted by Gasteiger charge is -2.14. The molecule has 0 amide bonds. The number of benzene rings is 1. The minimum Gasteiger partial charge on any atom is -0.383 e. The molecule has 1 aliphatic carbocycles. The van der Waals surface area contributed by atoms with Crippen LogP contribution in [0.25, 0.3) is 5.70 Å². The van der Waals surface area contributed by atoms with Crippen LogP contribution in [0.2, 0.25) is 0 Å². The van der Waals surface area contributed by atoms with E-state index in [2.05, 4.69) is 63.7 Å². The molecule has 1 unspecified atom stereocenters. The molecule has 2 aliphatic rings. The van der Waals surface area contributed by atoms with Crippen LogP contribution in [-0.4, -0.2) is 29.3 Å². The van der Waals surface area contributed by atoms with Gasteiger partial charge in [-0.3, -0.25) is 4.99 Å². The Kier molecular flexibility index (Phi) is 14.9. The fourth-order valence-electron chi connectivity index (χ4n) is 4.15. The Bertz CT molecular complexity index is 962. The van der Waals surface area contributed by atoms with Gasteiger partial charge in [-0.05, 0) is 49.1 Å². The van der Waals surface area contributed by atoms with E-state index in [1.807, 2.05) is 32.1 Å². The Morgan fingerprint density at radius 3 is 2.30 bits per heavy atom. The molecule has 202 valence electrons. The van der Waals surface area contributed by atoms with Gasteiger partial charge in [-0.25, -0.2) is 4.98 Å². The lowest BCUT2D eigenvalue weighted by molar-refractivity contribution is 0.504. The lowest BCUT2D eigenvalue weighted by atomic mass is 10.0. The highest BCUT2D eigenvalue weighted by atomic mass is 15.1. The van der Waals surface area contributed by atoms with Crippen LogP contribution in [0.3, 0.4) is 0 Å². The van der Waals surface area contributed by atoms with Crippen molar-refractivity contribution in [1.29, 1.82) is 0 Å². The van der Waals surface area contributed by atoms with E-state index in [1.54, 1.807) is 12.4 Å². The van der Waals surface area contributed by atoms with Gasteiger partial charge in [0.1, 0.15) is 5.82 Å². The molecule has 1 fully saturated rings. The van der Waals surface area contributed by atoms with Gasteiger partial charge in [0.25, 0.3) is 0 Å². The van der Waals surface area contributed by atoms with Crippen molar-refractivity contribution in [3.63, 3.8) is 0 Å². The summed E-state index contributed by atoms with van der Waals surface area (Å²) < 4.78 is 0. The average molecular weight is 505 g/mol. The molecule has 0 radical (unpaired) electrons. The molecule has 6 heteroatoms. The van der Waals surface area contributed by atoms with E-state index in [-0.39, 0.29) is 0 Å². The quantitative estimate of drug-likeness (QED) is 0.301. The SMILES string of the molecule is C1CCCCC1.CC.CCCCNCC(C)c1ccc(Nc2ncc(C3=CCC=CC=N3)c(N)n2)cc1. The molecule has 1 atom stereocenters. The van der Waals surface area contributed by atoms with Crippen LogP contribution in [0.1, 0.15) is 103 Å². The van der Waals surface area contributed by atoms with Crippen LogP contribution >= 0.6 is 0 Å². The summed E-state index contributed by atoms with van der Waals surface area (Å²) in [4.78, 5) is 13.2. The van der Waals surface area contributed by atoms with Crippen molar-refractivity contribution >= 4 is 29.4 Å². The summed E-state index contributed by atoms with van der Waals surface area (Å²) in [5.41, 5.74) is 9.94. The molecule has 0 spiro atoms. The topological polar surface area (TPSA) is 88.2 Å². The first-order valence-corrected chi connectivity index (χ1v) is 14.3. The zero-order chi connectivity index (χ0) is 26.7. The average Bonchev–Trinajstić information content (AvgIpc) is 3.24. The van der Waals surface area contributed by atoms with E-state index in [4.69, 9.17) is 5.73 Å². The molecular weight excluding hydrogens is 456 g/mol. The predicted octanol–water partition coefficient (Wildman–Crippen LogP) is 8.03. The van der Waals surface area contributed by atoms with Gasteiger partial charge in [-0.1, -0.05) is 96.9 Å². The maximum Gasteiger partial charge on any atom is 0.229 e. The summed E-state index contributed by atoms with van der Waals surface area (Å²) in [6, 6.07) is 8.39. The van der Waals surface area contributed by atoms with Crippen molar-refractivity contribution in [2.24, 2.45) is 4.99 Å². The van der Waals surface area contributed by atoms with E-state index >= 15 is 0 Å². The first-order chi connectivity index (χ1) is 18.2. The third kappa shape index (κ3) is 11.3. The number of allylic oxidation sites excluding steroid dienone is 3. The minimum atomic E-state index is 0.413. The molecule has 4 rings (SSSR count). The molecule has 37 heavy (non-hydrogen) atoms. The maximum absolute atomic E-state index is 6.16. The highest BCUT2D eigenvalue weighted by Gasteiger charge is 2.10. The number of nitrogen functional groups attached to an aromatic ring is 1. The van der Waals surface area contributed by atoms with Gasteiger partial charge >= 0.3 is 0 Å². The minimum absolute atomic E-state index is 0.413. The Labute approximate surface area is 225 Å². The van der Waals surface area contributed by atoms with Gasteiger partial charge in [0.05, 0.1) is 11.3 Å². The Balaban J connectivity index is 0.000000519.